The molecule has 1 saturated heterocycles. The molecular weight excluding hydrogens is 1920 g/mol. The van der Waals surface area contributed by atoms with Crippen molar-refractivity contribution in [2.45, 2.75) is 228 Å². The molecule has 0 aliphatic carbocycles. The van der Waals surface area contributed by atoms with E-state index in [1.54, 1.807) is 117 Å². The van der Waals surface area contributed by atoms with E-state index in [2.05, 4.69) is 106 Å². The standard InChI is InChI=1S/C99H139N29O18S/c1-8-56(2)80-92(144)118-69(30-20-42-110-96(104)105)83(135)115-67(28-17-18-40-100)82(134)117-70(31-21-43-111-97(106)107)90(142)126-98(3,4)93(145)124-74(45-58-24-13-10-14-25-58)88(140)116-68(29-19-41-109-95(102)103)84(136)119-72(46-59-32-36-63(129)37-33-59)86(138)121-75(48-61-50-112-66-27-16-15-26-65(61)66)89(141)120-73(47-60-34-38-64(130)39-35-60)87(139)123-77(81(133)113-52-78(101)131)53-147-54-79(132)114-71(44-57-22-11-9-12-23-57)85(137)122-76(49-62-51-108-55-128(62)7)91(143)127-99(5,6)94(146)125-80/h9-16,22-27,32-39,50-51,55-56,67-77,80,112,129-130H,8,17-21,28-31,40-49,52-54,100H2,1-7H3,(H2,101,131)(H,113,133)(H,114,132)(H,115,135)(H,116,140)(H,117,134)(H,118,144)(H,119,136)(H,120,141)(H,121,138)(H,122,137)(H,123,139)(H,124,145)(H,125,146)(H,126,142)(H,127,143)(H4,102,103,109)(H4,104,105,110)(H4,106,107,111)/t56-,67?,68?,69?,70?,71?,72?,73?,74?,75?,76?,77?,80?/m0/s1. The molecule has 47 nitrogen and oxygen atoms in total. The fourth-order valence-corrected chi connectivity index (χ4v) is 16.7. The van der Waals surface area contributed by atoms with Gasteiger partial charge in [0, 0.05) is 100.0 Å². The second-order valence-corrected chi connectivity index (χ2v) is 38.1. The number of nitrogens with one attached hydrogen (secondary N) is 22. The van der Waals surface area contributed by atoms with Gasteiger partial charge in [-0.05, 0) is 156 Å². The number of aromatic amines is 1. The summed E-state index contributed by atoms with van der Waals surface area (Å²) in [7, 11) is 1.63. The zero-order valence-electron chi connectivity index (χ0n) is 83.3. The summed E-state index contributed by atoms with van der Waals surface area (Å²) in [4.78, 5) is 248. The fraction of sp³-hybridized carbons (Fsp3) is 0.455. The third kappa shape index (κ3) is 38.6. The van der Waals surface area contributed by atoms with Gasteiger partial charge < -0.3 is 144 Å². The Balaban J connectivity index is 1.25. The van der Waals surface area contributed by atoms with Gasteiger partial charge in [0.05, 0.1) is 18.6 Å². The van der Waals surface area contributed by atoms with Crippen molar-refractivity contribution in [3.8, 4) is 11.5 Å². The number of phenolic OH excluding ortho intramolecular Hbond substituents is 2. The van der Waals surface area contributed by atoms with Crippen LogP contribution in [-0.2, 0) is 122 Å². The van der Waals surface area contributed by atoms with Crippen LogP contribution in [0.4, 0.5) is 0 Å². The predicted molar refractivity (Wildman–Crippen MR) is 550 cm³/mol. The number of hydrogen-bond acceptors (Lipinski definition) is 24. The summed E-state index contributed by atoms with van der Waals surface area (Å²) in [6, 6.07) is 15.5. The lowest BCUT2D eigenvalue weighted by atomic mass is 9.95. The largest absolute Gasteiger partial charge is 0.508 e. The number of carbonyl (C=O) groups is 16. The average molecular weight is 2060 g/mol. The number of thioether (sulfide) groups is 1. The van der Waals surface area contributed by atoms with Crippen molar-refractivity contribution in [2.75, 3.05) is 44.2 Å². The van der Waals surface area contributed by atoms with E-state index < -0.39 is 233 Å². The fourth-order valence-electron chi connectivity index (χ4n) is 15.8. The lowest BCUT2D eigenvalue weighted by molar-refractivity contribution is -0.138. The summed E-state index contributed by atoms with van der Waals surface area (Å²) in [5.74, 6) is -19.0. The highest BCUT2D eigenvalue weighted by molar-refractivity contribution is 8.00. The van der Waals surface area contributed by atoms with Gasteiger partial charge in [0.2, 0.25) is 94.5 Å². The molecule has 12 unspecified atom stereocenters. The Morgan fingerprint density at radius 1 is 0.449 bits per heavy atom. The molecule has 147 heavy (non-hydrogen) atoms. The number of nitrogens with two attached hydrogens (primary N) is 5. The van der Waals surface area contributed by atoms with Crippen LogP contribution in [0.2, 0.25) is 0 Å². The number of rotatable bonds is 33. The van der Waals surface area contributed by atoms with E-state index in [-0.39, 0.29) is 121 Å². The number of imidazole rings is 1. The number of fused-ring (bicyclic) bond motifs is 1. The van der Waals surface area contributed by atoms with Crippen molar-refractivity contribution in [2.24, 2.45) is 41.6 Å². The summed E-state index contributed by atoms with van der Waals surface area (Å²) in [6.07, 6.45) is 2.60. The van der Waals surface area contributed by atoms with E-state index in [4.69, 9.17) is 44.9 Å². The van der Waals surface area contributed by atoms with Crippen molar-refractivity contribution in [1.29, 1.82) is 16.2 Å². The number of para-hydroxylation sites is 1. The van der Waals surface area contributed by atoms with Crippen LogP contribution in [0.1, 0.15) is 139 Å². The molecule has 0 spiro atoms. The molecule has 5 aromatic carbocycles. The normalized spacial score (nSPS) is 21.8. The summed E-state index contributed by atoms with van der Waals surface area (Å²) in [6.45, 7) is 7.94. The topological polar surface area (TPSA) is 765 Å². The van der Waals surface area contributed by atoms with Gasteiger partial charge in [-0.3, -0.25) is 92.9 Å². The van der Waals surface area contributed by atoms with E-state index in [1.807, 2.05) is 0 Å². The highest BCUT2D eigenvalue weighted by atomic mass is 32.2. The zero-order valence-corrected chi connectivity index (χ0v) is 84.1. The minimum absolute atomic E-state index is 0.00145. The van der Waals surface area contributed by atoms with Crippen LogP contribution in [-0.4, -0.2) is 265 Å². The number of primary amides is 1. The SMILES string of the molecule is CC[C@H](C)C1NC(=O)C(C)(C)NC(=O)C(Cc2cncn2C)NC(=O)C(Cc2ccccc2)NC(=O)CSCC(C(=O)NCC(N)=O)NC(=O)C(Cc2ccc(O)cc2)NC(=O)C(Cc2c[nH]c3ccccc23)NC(=O)C(Cc2ccc(O)cc2)NC(=O)C(CCCNC(=N)N)NC(=O)C(Cc2ccccc2)NC(=O)C(C)(C)NC(=O)C(CCCNC(=N)N)NC(=O)C(CCCCN)NC(=O)C(CCCNC(=N)N)NC1=O. The molecule has 3 heterocycles. The summed E-state index contributed by atoms with van der Waals surface area (Å²) in [5.41, 5.74) is 27.6. The minimum atomic E-state index is -2.02. The average Bonchev–Trinajstić information content (AvgIpc) is 1.44. The molecule has 1 aliphatic rings. The lowest BCUT2D eigenvalue weighted by Gasteiger charge is -2.32. The highest BCUT2D eigenvalue weighted by Gasteiger charge is 2.43. The number of amides is 16. The Morgan fingerprint density at radius 2 is 0.823 bits per heavy atom. The number of aryl methyl sites for hydroxylation is 1. The quantitative estimate of drug-likeness (QED) is 0.0111. The van der Waals surface area contributed by atoms with Crippen molar-refractivity contribution in [1.82, 2.24) is 110 Å². The molecule has 2 aromatic heterocycles. The summed E-state index contributed by atoms with van der Waals surface area (Å²) < 4.78 is 1.57. The van der Waals surface area contributed by atoms with E-state index in [0.29, 0.717) is 50.8 Å². The highest BCUT2D eigenvalue weighted by Crippen LogP contribution is 2.24. The maximum absolute atomic E-state index is 15.8. The van der Waals surface area contributed by atoms with Gasteiger partial charge in [-0.1, -0.05) is 123 Å². The molecule has 34 N–H and O–H groups in total. The van der Waals surface area contributed by atoms with Gasteiger partial charge in [0.15, 0.2) is 17.9 Å². The van der Waals surface area contributed by atoms with Crippen LogP contribution < -0.4 is 124 Å². The van der Waals surface area contributed by atoms with E-state index in [9.17, 15) is 29.4 Å². The van der Waals surface area contributed by atoms with E-state index in [1.165, 1.54) is 88.8 Å². The number of benzene rings is 5. The van der Waals surface area contributed by atoms with Crippen molar-refractivity contribution >= 4 is 135 Å². The number of phenols is 2. The molecule has 0 saturated carbocycles. The van der Waals surface area contributed by atoms with Crippen LogP contribution in [0, 0.1) is 22.1 Å². The molecule has 1 fully saturated rings. The van der Waals surface area contributed by atoms with Gasteiger partial charge in [0.25, 0.3) is 0 Å². The Labute approximate surface area is 855 Å². The van der Waals surface area contributed by atoms with Crippen LogP contribution in [0.15, 0.2) is 152 Å². The minimum Gasteiger partial charge on any atom is -0.508 e. The molecular formula is C99H139N29O18S. The number of H-pyrrole nitrogens is 1. The van der Waals surface area contributed by atoms with Crippen LogP contribution in [0.25, 0.3) is 10.9 Å². The maximum Gasteiger partial charge on any atom is 0.245 e. The Morgan fingerprint density at radius 3 is 1.26 bits per heavy atom. The van der Waals surface area contributed by atoms with Gasteiger partial charge in [-0.2, -0.15) is 0 Å². The molecule has 48 heteroatoms. The van der Waals surface area contributed by atoms with Crippen LogP contribution in [0.5, 0.6) is 11.5 Å². The van der Waals surface area contributed by atoms with E-state index in [0.717, 1.165) is 11.8 Å². The molecule has 794 valence electrons. The second-order valence-electron chi connectivity index (χ2n) is 37.1. The number of unbranched alkanes of at least 4 members (excludes halogenated alkanes) is 1. The predicted octanol–water partition coefficient (Wildman–Crippen LogP) is -3.01. The monoisotopic (exact) mass is 2050 g/mol. The number of nitrogens with zero attached hydrogens (tertiary/aromatic N) is 2. The smallest absolute Gasteiger partial charge is 0.245 e. The van der Waals surface area contributed by atoms with Crippen LogP contribution >= 0.6 is 11.8 Å². The maximum atomic E-state index is 15.8. The van der Waals surface area contributed by atoms with Crippen molar-refractivity contribution in [3.63, 3.8) is 0 Å². The van der Waals surface area contributed by atoms with Gasteiger partial charge in [-0.25, -0.2) is 4.98 Å². The molecule has 0 radical (unpaired) electrons. The molecule has 0 bridgehead atoms. The lowest BCUT2D eigenvalue weighted by Crippen LogP contribution is -2.64. The number of aromatic nitrogens is 3. The first-order chi connectivity index (χ1) is 69.9. The van der Waals surface area contributed by atoms with Gasteiger partial charge in [-0.15, -0.1) is 11.8 Å². The number of aromatic hydroxyl groups is 2. The number of carbonyl (C=O) groups excluding carboxylic acids is 16. The summed E-state index contributed by atoms with van der Waals surface area (Å²) >= 11 is 0.766. The van der Waals surface area contributed by atoms with Gasteiger partial charge >= 0.3 is 0 Å². The zero-order chi connectivity index (χ0) is 108. The van der Waals surface area contributed by atoms with Crippen LogP contribution in [0.3, 0.4) is 0 Å². The summed E-state index contributed by atoms with van der Waals surface area (Å²) in [5, 5.41) is 93.8. The molecule has 8 rings (SSSR count). The van der Waals surface area contributed by atoms with Crippen molar-refractivity contribution in [3.05, 3.63) is 186 Å². The number of guanidine groups is 3. The van der Waals surface area contributed by atoms with E-state index >= 15 is 57.5 Å². The Hall–Kier alpha value is -15.9. The molecule has 13 atom stereocenters. The third-order valence-electron chi connectivity index (χ3n) is 24.4. The van der Waals surface area contributed by atoms with Gasteiger partial charge in [0.1, 0.15) is 95.1 Å². The first kappa shape index (κ1) is 116. The Kier molecular flexibility index (Phi) is 45.5. The molecule has 7 aromatic rings. The molecule has 1 aliphatic heterocycles. The van der Waals surface area contributed by atoms with Crippen molar-refractivity contribution < 1.29 is 86.9 Å². The second kappa shape index (κ2) is 57.5. The molecule has 16 amide bonds. The first-order valence-electron chi connectivity index (χ1n) is 48.4. The number of hydrogen-bond donors (Lipinski definition) is 29. The third-order valence-corrected chi connectivity index (χ3v) is 25.4. The first-order valence-corrected chi connectivity index (χ1v) is 49.5. The Bertz CT molecular complexity index is 5710.